The van der Waals surface area contributed by atoms with Crippen molar-refractivity contribution in [2.75, 3.05) is 5.32 Å². The first-order chi connectivity index (χ1) is 18.7. The molecule has 3 amide bonds. The Morgan fingerprint density at radius 2 is 1.82 bits per heavy atom. The predicted octanol–water partition coefficient (Wildman–Crippen LogP) is 5.01. The van der Waals surface area contributed by atoms with Crippen molar-refractivity contribution in [1.82, 2.24) is 10.2 Å². The van der Waals surface area contributed by atoms with Crippen LogP contribution in [0.1, 0.15) is 70.8 Å². The van der Waals surface area contributed by atoms with Crippen molar-refractivity contribution in [3.8, 4) is 0 Å². The fourth-order valence-corrected chi connectivity index (χ4v) is 8.08. The molecule has 4 fully saturated rings. The molecule has 0 aromatic heterocycles. The summed E-state index contributed by atoms with van der Waals surface area (Å²) in [4.78, 5) is 44.0. The lowest BCUT2D eigenvalue weighted by Gasteiger charge is -2.40. The van der Waals surface area contributed by atoms with Gasteiger partial charge in [0.25, 0.3) is 0 Å². The smallest absolute Gasteiger partial charge is 0.246 e. The number of hydrogen-bond donors (Lipinski definition) is 2. The summed E-state index contributed by atoms with van der Waals surface area (Å²) in [5.74, 6) is -1.07. The lowest BCUT2D eigenvalue weighted by molar-refractivity contribution is -0.145. The van der Waals surface area contributed by atoms with Crippen LogP contribution in [0.5, 0.6) is 0 Å². The van der Waals surface area contributed by atoms with Crippen LogP contribution in [0.15, 0.2) is 30.4 Å². The number of ether oxygens (including phenoxy) is 1. The molecule has 210 valence electrons. The van der Waals surface area contributed by atoms with Crippen molar-refractivity contribution >= 4 is 35.0 Å². The molecule has 1 aromatic rings. The lowest BCUT2D eigenvalue weighted by atomic mass is 9.73. The summed E-state index contributed by atoms with van der Waals surface area (Å²) in [5, 5.41) is 6.89. The number of aryl methyl sites for hydroxylation is 1. The van der Waals surface area contributed by atoms with E-state index in [0.29, 0.717) is 22.5 Å². The zero-order valence-corrected chi connectivity index (χ0v) is 23.9. The summed E-state index contributed by atoms with van der Waals surface area (Å²) >= 11 is 6.30. The highest BCUT2D eigenvalue weighted by molar-refractivity contribution is 6.31. The number of nitrogens with one attached hydrogen (secondary N) is 2. The molecule has 6 rings (SSSR count). The zero-order valence-electron chi connectivity index (χ0n) is 23.1. The van der Waals surface area contributed by atoms with E-state index in [1.165, 1.54) is 6.42 Å². The summed E-state index contributed by atoms with van der Waals surface area (Å²) in [6.07, 6.45) is 11.4. The average Bonchev–Trinajstić information content (AvgIpc) is 3.56. The van der Waals surface area contributed by atoms with Gasteiger partial charge < -0.3 is 20.3 Å². The fraction of sp³-hybridized carbons (Fsp3) is 0.645. The number of halogens is 1. The van der Waals surface area contributed by atoms with E-state index in [2.05, 4.69) is 24.5 Å². The summed E-state index contributed by atoms with van der Waals surface area (Å²) < 4.78 is 6.54. The number of hydrogen-bond acceptors (Lipinski definition) is 4. The monoisotopic (exact) mass is 553 g/mol. The van der Waals surface area contributed by atoms with Crippen LogP contribution in [0.2, 0.25) is 5.02 Å². The standard InChI is InChI=1S/C31H40ClN3O4/c1-17-8-7-11-23(19(17)3)34-29(37)27-31-15-14-24(39-31)25(28(36)33-20-13-12-18(2)22(32)16-20)26(31)30(38)35(27)21-9-5-4-6-10-21/h12-17,19,21,23-27H,4-11H2,1-3H3,(H,33,36)(H,34,37)/t17-,19+,23+,24+,25-,26+,27+,31+/m0/s1. The van der Waals surface area contributed by atoms with Gasteiger partial charge in [0.1, 0.15) is 11.6 Å². The Labute approximate surface area is 236 Å². The van der Waals surface area contributed by atoms with Crippen LogP contribution in [-0.2, 0) is 19.1 Å². The SMILES string of the molecule is Cc1ccc(NC(=O)[C@H]2[C@H]3C=C[C@@]4(O3)[C@H]2C(=O)N(C2CCCCC2)[C@@H]4C(=O)N[C@@H]2CCC[C@H](C)[C@H]2C)cc1Cl. The molecule has 2 saturated heterocycles. The van der Waals surface area contributed by atoms with E-state index < -0.39 is 29.6 Å². The molecule has 7 nitrogen and oxygen atoms in total. The van der Waals surface area contributed by atoms with Crippen molar-refractivity contribution in [2.45, 2.75) is 102 Å². The largest absolute Gasteiger partial charge is 0.359 e. The first-order valence-electron chi connectivity index (χ1n) is 14.8. The van der Waals surface area contributed by atoms with Gasteiger partial charge >= 0.3 is 0 Å². The molecule has 1 spiro atoms. The number of nitrogens with zero attached hydrogens (tertiary/aromatic N) is 1. The van der Waals surface area contributed by atoms with Crippen molar-refractivity contribution in [3.63, 3.8) is 0 Å². The number of carbonyl (C=O) groups is 3. The Morgan fingerprint density at radius 1 is 1.05 bits per heavy atom. The maximum Gasteiger partial charge on any atom is 0.246 e. The highest BCUT2D eigenvalue weighted by Crippen LogP contribution is 2.56. The molecular formula is C31H40ClN3O4. The molecule has 5 aliphatic rings. The fourth-order valence-electron chi connectivity index (χ4n) is 7.90. The van der Waals surface area contributed by atoms with Gasteiger partial charge in [-0.05, 0) is 55.7 Å². The van der Waals surface area contributed by atoms with Gasteiger partial charge in [-0.1, -0.05) is 75.8 Å². The van der Waals surface area contributed by atoms with Gasteiger partial charge in [0, 0.05) is 22.8 Å². The van der Waals surface area contributed by atoms with E-state index in [1.54, 1.807) is 6.07 Å². The molecule has 1 aromatic carbocycles. The van der Waals surface area contributed by atoms with Crippen LogP contribution in [0.25, 0.3) is 0 Å². The minimum Gasteiger partial charge on any atom is -0.359 e. The summed E-state index contributed by atoms with van der Waals surface area (Å²) in [6.45, 7) is 6.37. The minimum atomic E-state index is -1.13. The van der Waals surface area contributed by atoms with Gasteiger partial charge in [-0.15, -0.1) is 0 Å². The van der Waals surface area contributed by atoms with Crippen molar-refractivity contribution < 1.29 is 19.1 Å². The summed E-state index contributed by atoms with van der Waals surface area (Å²) in [5.41, 5.74) is 0.379. The molecule has 8 atom stereocenters. The van der Waals surface area contributed by atoms with Crippen LogP contribution < -0.4 is 10.6 Å². The second-order valence-corrected chi connectivity index (χ2v) is 13.0. The number of amides is 3. The molecule has 3 aliphatic heterocycles. The molecule has 0 radical (unpaired) electrons. The first-order valence-corrected chi connectivity index (χ1v) is 15.2. The third-order valence-corrected chi connectivity index (χ3v) is 10.7. The molecule has 3 heterocycles. The number of fused-ring (bicyclic) bond motifs is 1. The molecule has 39 heavy (non-hydrogen) atoms. The van der Waals surface area contributed by atoms with Gasteiger partial charge in [0.05, 0.1) is 17.9 Å². The Hall–Kier alpha value is -2.38. The average molecular weight is 554 g/mol. The third kappa shape index (κ3) is 4.40. The van der Waals surface area contributed by atoms with E-state index in [1.807, 2.05) is 36.1 Å². The predicted molar refractivity (Wildman–Crippen MR) is 150 cm³/mol. The number of rotatable bonds is 5. The van der Waals surface area contributed by atoms with Crippen LogP contribution >= 0.6 is 11.6 Å². The Kier molecular flexibility index (Phi) is 7.03. The Balaban J connectivity index is 1.31. The normalized spacial score (nSPS) is 37.7. The van der Waals surface area contributed by atoms with E-state index in [-0.39, 0.29) is 29.8 Å². The summed E-state index contributed by atoms with van der Waals surface area (Å²) in [7, 11) is 0. The molecular weight excluding hydrogens is 514 g/mol. The maximum absolute atomic E-state index is 14.3. The number of likely N-dealkylation sites (tertiary alicyclic amines) is 1. The summed E-state index contributed by atoms with van der Waals surface area (Å²) in [6, 6.07) is 4.69. The zero-order chi connectivity index (χ0) is 27.5. The van der Waals surface area contributed by atoms with Gasteiger partial charge in [-0.3, -0.25) is 14.4 Å². The van der Waals surface area contributed by atoms with Crippen molar-refractivity contribution in [3.05, 3.63) is 40.9 Å². The quantitative estimate of drug-likeness (QED) is 0.502. The van der Waals surface area contributed by atoms with Crippen molar-refractivity contribution in [1.29, 1.82) is 0 Å². The lowest BCUT2D eigenvalue weighted by Crippen LogP contribution is -2.59. The Bertz CT molecular complexity index is 1200. The van der Waals surface area contributed by atoms with Gasteiger partial charge in [-0.2, -0.15) is 0 Å². The van der Waals surface area contributed by atoms with E-state index in [9.17, 15) is 14.4 Å². The van der Waals surface area contributed by atoms with Crippen LogP contribution in [0.4, 0.5) is 5.69 Å². The topological polar surface area (TPSA) is 87.7 Å². The molecule has 8 heteroatoms. The number of anilines is 1. The van der Waals surface area contributed by atoms with Gasteiger partial charge in [0.15, 0.2) is 0 Å². The van der Waals surface area contributed by atoms with Gasteiger partial charge in [0.2, 0.25) is 17.7 Å². The highest BCUT2D eigenvalue weighted by atomic mass is 35.5. The molecule has 2 N–H and O–H groups in total. The molecule has 2 bridgehead atoms. The second-order valence-electron chi connectivity index (χ2n) is 12.6. The van der Waals surface area contributed by atoms with Crippen LogP contribution in [0, 0.1) is 30.6 Å². The molecule has 2 saturated carbocycles. The van der Waals surface area contributed by atoms with E-state index in [0.717, 1.165) is 50.5 Å². The van der Waals surface area contributed by atoms with Gasteiger partial charge in [-0.25, -0.2) is 0 Å². The van der Waals surface area contributed by atoms with E-state index in [4.69, 9.17) is 16.3 Å². The van der Waals surface area contributed by atoms with Crippen molar-refractivity contribution in [2.24, 2.45) is 23.7 Å². The molecule has 0 unspecified atom stereocenters. The third-order valence-electron chi connectivity index (χ3n) is 10.3. The van der Waals surface area contributed by atoms with Crippen LogP contribution in [-0.4, -0.2) is 52.5 Å². The molecule has 2 aliphatic carbocycles. The maximum atomic E-state index is 14.3. The van der Waals surface area contributed by atoms with Crippen LogP contribution in [0.3, 0.4) is 0 Å². The minimum absolute atomic E-state index is 0.0136. The number of benzene rings is 1. The number of carbonyl (C=O) groups excluding carboxylic acids is 3. The van der Waals surface area contributed by atoms with E-state index >= 15 is 0 Å². The first kappa shape index (κ1) is 26.8. The Morgan fingerprint density at radius 3 is 2.56 bits per heavy atom. The second kappa shape index (κ2) is 10.2. The highest BCUT2D eigenvalue weighted by Gasteiger charge is 2.73.